The summed E-state index contributed by atoms with van der Waals surface area (Å²) >= 11 is -0.0842. The summed E-state index contributed by atoms with van der Waals surface area (Å²) in [6.45, 7) is 2.12. The van der Waals surface area contributed by atoms with E-state index in [1.165, 1.54) is 0 Å². The average molecular weight is 272 g/mol. The fourth-order valence-electron chi connectivity index (χ4n) is 1.07. The molecule has 0 aromatic carbocycles. The van der Waals surface area contributed by atoms with Gasteiger partial charge in [-0.15, -0.1) is 0 Å². The Hall–Kier alpha value is -0.580. The van der Waals surface area contributed by atoms with Crippen LogP contribution in [0.3, 0.4) is 0 Å². The first kappa shape index (κ1) is 8.04. The van der Waals surface area contributed by atoms with Crippen molar-refractivity contribution in [3.63, 3.8) is 0 Å². The van der Waals surface area contributed by atoms with E-state index >= 15 is 0 Å². The Morgan fingerprint density at radius 1 is 1.42 bits per heavy atom. The van der Waals surface area contributed by atoms with Gasteiger partial charge in [-0.1, -0.05) is 6.92 Å². The van der Waals surface area contributed by atoms with Crippen LogP contribution in [0.5, 0.6) is 0 Å². The van der Waals surface area contributed by atoms with Gasteiger partial charge in [0.05, 0.1) is 11.4 Å². The fraction of sp³-hybridized carbons (Fsp3) is 0.222. The zero-order valence-corrected chi connectivity index (χ0v) is 8.95. The van der Waals surface area contributed by atoms with Crippen molar-refractivity contribution < 1.29 is 0 Å². The van der Waals surface area contributed by atoms with Crippen LogP contribution in [0.2, 0.25) is 0 Å². The number of halogens is 1. The molecule has 1 aromatic heterocycles. The van der Waals surface area contributed by atoms with Gasteiger partial charge in [-0.05, 0) is 28.7 Å². The largest absolute Gasteiger partial charge is 0.251 e. The SMILES string of the molecule is CCc1ccc2c(n1)C=CI=N2. The molecule has 0 N–H and O–H groups in total. The Labute approximate surface area is 81.9 Å². The summed E-state index contributed by atoms with van der Waals surface area (Å²) in [6, 6.07) is 4.13. The van der Waals surface area contributed by atoms with E-state index in [1.807, 2.05) is 0 Å². The third-order valence-corrected chi connectivity index (χ3v) is 3.22. The van der Waals surface area contributed by atoms with E-state index < -0.39 is 0 Å². The lowest BCUT2D eigenvalue weighted by Gasteiger charge is -2.03. The number of hydrogen-bond donors (Lipinski definition) is 0. The monoisotopic (exact) mass is 272 g/mol. The van der Waals surface area contributed by atoms with Gasteiger partial charge in [0.15, 0.2) is 0 Å². The Bertz CT molecular complexity index is 356. The van der Waals surface area contributed by atoms with E-state index in [2.05, 4.69) is 37.3 Å². The molecule has 2 rings (SSSR count). The van der Waals surface area contributed by atoms with Crippen molar-refractivity contribution in [1.82, 2.24) is 4.98 Å². The smallest absolute Gasteiger partial charge is 0.0948 e. The predicted octanol–water partition coefficient (Wildman–Crippen LogP) is 3.41. The minimum atomic E-state index is -0.0842. The van der Waals surface area contributed by atoms with Crippen molar-refractivity contribution >= 4 is 32.8 Å². The molecule has 2 heterocycles. The Kier molecular flexibility index (Phi) is 2.30. The van der Waals surface area contributed by atoms with Gasteiger partial charge in [0.2, 0.25) is 0 Å². The van der Waals surface area contributed by atoms with Crippen LogP contribution in [0.25, 0.3) is 6.08 Å². The molecule has 0 unspecified atom stereocenters. The quantitative estimate of drug-likeness (QED) is 0.719. The van der Waals surface area contributed by atoms with Gasteiger partial charge in [-0.25, -0.2) is 3.15 Å². The molecule has 0 amide bonds. The second-order valence-electron chi connectivity index (χ2n) is 2.54. The zero-order valence-electron chi connectivity index (χ0n) is 6.79. The highest BCUT2D eigenvalue weighted by atomic mass is 127. The molecular formula is C9H9IN2. The lowest BCUT2D eigenvalue weighted by molar-refractivity contribution is 1.03. The number of hydrogen-bond acceptors (Lipinski definition) is 2. The van der Waals surface area contributed by atoms with E-state index in [0.717, 1.165) is 23.5 Å². The van der Waals surface area contributed by atoms with Crippen molar-refractivity contribution in [1.29, 1.82) is 0 Å². The number of nitrogens with zero attached hydrogens (tertiary/aromatic N) is 2. The van der Waals surface area contributed by atoms with E-state index in [4.69, 9.17) is 0 Å². The first-order valence-electron chi connectivity index (χ1n) is 3.90. The number of fused-ring (bicyclic) bond motifs is 1. The maximum Gasteiger partial charge on any atom is 0.0948 e. The van der Waals surface area contributed by atoms with Gasteiger partial charge >= 0.3 is 0 Å². The summed E-state index contributed by atoms with van der Waals surface area (Å²) in [5, 5.41) is 0. The summed E-state index contributed by atoms with van der Waals surface area (Å²) in [7, 11) is 0. The van der Waals surface area contributed by atoms with Crippen LogP contribution >= 0.6 is 21.0 Å². The molecule has 0 saturated heterocycles. The first-order valence-corrected chi connectivity index (χ1v) is 6.11. The minimum Gasteiger partial charge on any atom is -0.251 e. The molecular weight excluding hydrogens is 263 g/mol. The summed E-state index contributed by atoms with van der Waals surface area (Å²) in [5.41, 5.74) is 3.26. The van der Waals surface area contributed by atoms with Crippen molar-refractivity contribution in [3.8, 4) is 0 Å². The fourth-order valence-corrected chi connectivity index (χ4v) is 2.44. The molecule has 1 aromatic rings. The van der Waals surface area contributed by atoms with Crippen LogP contribution in [0.1, 0.15) is 18.3 Å². The average Bonchev–Trinajstić information content (AvgIpc) is 2.17. The van der Waals surface area contributed by atoms with Crippen molar-refractivity contribution in [2.24, 2.45) is 3.15 Å². The summed E-state index contributed by atoms with van der Waals surface area (Å²) in [6.07, 6.45) is 3.09. The zero-order chi connectivity index (χ0) is 8.39. The third-order valence-electron chi connectivity index (χ3n) is 1.74. The third kappa shape index (κ3) is 1.46. The summed E-state index contributed by atoms with van der Waals surface area (Å²) in [4.78, 5) is 4.47. The second-order valence-corrected chi connectivity index (χ2v) is 4.29. The molecule has 0 aliphatic carbocycles. The highest BCUT2D eigenvalue weighted by Gasteiger charge is 2.02. The highest BCUT2D eigenvalue weighted by Crippen LogP contribution is 2.28. The van der Waals surface area contributed by atoms with Crippen molar-refractivity contribution in [2.75, 3.05) is 0 Å². The van der Waals surface area contributed by atoms with Crippen LogP contribution in [0, 0.1) is 0 Å². The molecule has 3 heteroatoms. The van der Waals surface area contributed by atoms with E-state index in [1.54, 1.807) is 0 Å². The van der Waals surface area contributed by atoms with E-state index in [-0.39, 0.29) is 21.0 Å². The maximum atomic E-state index is 4.47. The van der Waals surface area contributed by atoms with Crippen LogP contribution in [0.4, 0.5) is 5.69 Å². The van der Waals surface area contributed by atoms with Crippen LogP contribution in [-0.4, -0.2) is 4.98 Å². The second kappa shape index (κ2) is 3.43. The molecule has 0 fully saturated rings. The van der Waals surface area contributed by atoms with Crippen molar-refractivity contribution in [2.45, 2.75) is 13.3 Å². The predicted molar refractivity (Wildman–Crippen MR) is 58.8 cm³/mol. The molecule has 1 aliphatic heterocycles. The van der Waals surface area contributed by atoms with Gasteiger partial charge in [0.25, 0.3) is 0 Å². The molecule has 0 radical (unpaired) electrons. The summed E-state index contributed by atoms with van der Waals surface area (Å²) in [5.74, 6) is 0. The number of pyridine rings is 1. The molecule has 2 nitrogen and oxygen atoms in total. The van der Waals surface area contributed by atoms with Crippen LogP contribution in [0.15, 0.2) is 19.4 Å². The maximum absolute atomic E-state index is 4.47. The Morgan fingerprint density at radius 2 is 2.33 bits per heavy atom. The molecule has 0 atom stereocenters. The minimum absolute atomic E-state index is 0.0842. The van der Waals surface area contributed by atoms with Crippen molar-refractivity contribution in [3.05, 3.63) is 27.6 Å². The lowest BCUT2D eigenvalue weighted by Crippen LogP contribution is -1.89. The number of aromatic nitrogens is 1. The number of rotatable bonds is 1. The Morgan fingerprint density at radius 3 is 3.17 bits per heavy atom. The first-order chi connectivity index (χ1) is 5.90. The molecule has 0 bridgehead atoms. The summed E-state index contributed by atoms with van der Waals surface area (Å²) < 4.78 is 6.58. The van der Waals surface area contributed by atoms with Gasteiger partial charge in [-0.3, -0.25) is 4.98 Å². The topological polar surface area (TPSA) is 25.2 Å². The molecule has 62 valence electrons. The van der Waals surface area contributed by atoms with Crippen LogP contribution in [-0.2, 0) is 6.42 Å². The van der Waals surface area contributed by atoms with Crippen LogP contribution < -0.4 is 0 Å². The normalized spacial score (nSPS) is 13.8. The van der Waals surface area contributed by atoms with E-state index in [9.17, 15) is 0 Å². The highest BCUT2D eigenvalue weighted by molar-refractivity contribution is 14.2. The van der Waals surface area contributed by atoms with Gasteiger partial charge in [0.1, 0.15) is 0 Å². The van der Waals surface area contributed by atoms with Gasteiger partial charge in [-0.2, -0.15) is 0 Å². The van der Waals surface area contributed by atoms with Gasteiger partial charge < -0.3 is 0 Å². The molecule has 0 spiro atoms. The number of aryl methyl sites for hydroxylation is 1. The standard InChI is InChI=1S/C9H9IN2/c1-2-7-3-4-9-8(11-7)5-6-10-12-9/h3-6H,2H2,1H3. The molecule has 12 heavy (non-hydrogen) atoms. The lowest BCUT2D eigenvalue weighted by atomic mass is 10.2. The van der Waals surface area contributed by atoms with Gasteiger partial charge in [0, 0.05) is 26.7 Å². The Balaban J connectivity index is 2.51. The van der Waals surface area contributed by atoms with E-state index in [0.29, 0.717) is 0 Å². The molecule has 1 aliphatic rings. The molecule has 0 saturated carbocycles.